The van der Waals surface area contributed by atoms with E-state index in [1.165, 1.54) is 33.5 Å². The molecule has 0 saturated carbocycles. The van der Waals surface area contributed by atoms with Crippen molar-refractivity contribution in [3.05, 3.63) is 65.2 Å². The zero-order chi connectivity index (χ0) is 20.5. The highest BCUT2D eigenvalue weighted by Gasteiger charge is 2.15. The number of methoxy groups -OCH3 is 3. The predicted molar refractivity (Wildman–Crippen MR) is 102 cm³/mol. The van der Waals surface area contributed by atoms with Gasteiger partial charge in [-0.1, -0.05) is 12.1 Å². The molecule has 7 nitrogen and oxygen atoms in total. The second-order valence-corrected chi connectivity index (χ2v) is 5.54. The lowest BCUT2D eigenvalue weighted by Crippen LogP contribution is -2.13. The molecular formula is C21H20O7. The van der Waals surface area contributed by atoms with Crippen LogP contribution in [-0.2, 0) is 14.3 Å². The molecule has 2 aromatic rings. The SMILES string of the molecule is COC(=O)c1ccc(/C=C/C(=O)OCC(=O)c2ccc(OC)cc2OC)cc1. The van der Waals surface area contributed by atoms with Gasteiger partial charge in [0.15, 0.2) is 6.61 Å². The van der Waals surface area contributed by atoms with Gasteiger partial charge in [-0.2, -0.15) is 0 Å². The highest BCUT2D eigenvalue weighted by Crippen LogP contribution is 2.25. The van der Waals surface area contributed by atoms with Crippen molar-refractivity contribution < 1.29 is 33.3 Å². The Balaban J connectivity index is 1.94. The molecule has 0 spiro atoms. The second kappa shape index (κ2) is 9.91. The van der Waals surface area contributed by atoms with E-state index < -0.39 is 24.3 Å². The van der Waals surface area contributed by atoms with Crippen molar-refractivity contribution in [2.75, 3.05) is 27.9 Å². The third-order valence-electron chi connectivity index (χ3n) is 3.80. The summed E-state index contributed by atoms with van der Waals surface area (Å²) < 4.78 is 19.8. The van der Waals surface area contributed by atoms with Gasteiger partial charge in [0, 0.05) is 12.1 Å². The molecule has 28 heavy (non-hydrogen) atoms. The standard InChI is InChI=1S/C21H20O7/c1-25-16-9-10-17(19(12-16)26-2)18(22)13-28-20(23)11-6-14-4-7-15(8-5-14)21(24)27-3/h4-12H,13H2,1-3H3/b11-6+. The number of esters is 2. The van der Waals surface area contributed by atoms with Crippen molar-refractivity contribution in [1.29, 1.82) is 0 Å². The Bertz CT molecular complexity index is 882. The van der Waals surface area contributed by atoms with Crippen LogP contribution in [0.5, 0.6) is 11.5 Å². The van der Waals surface area contributed by atoms with Gasteiger partial charge in [-0.25, -0.2) is 9.59 Å². The molecule has 0 aliphatic heterocycles. The van der Waals surface area contributed by atoms with Crippen LogP contribution in [0.1, 0.15) is 26.3 Å². The van der Waals surface area contributed by atoms with Crippen LogP contribution in [0.25, 0.3) is 6.08 Å². The first kappa shape index (κ1) is 20.7. The first-order valence-electron chi connectivity index (χ1n) is 8.27. The lowest BCUT2D eigenvalue weighted by atomic mass is 10.1. The van der Waals surface area contributed by atoms with Crippen molar-refractivity contribution in [2.45, 2.75) is 0 Å². The highest BCUT2D eigenvalue weighted by atomic mass is 16.5. The van der Waals surface area contributed by atoms with E-state index in [9.17, 15) is 14.4 Å². The van der Waals surface area contributed by atoms with Crippen molar-refractivity contribution in [1.82, 2.24) is 0 Å². The summed E-state index contributed by atoms with van der Waals surface area (Å²) >= 11 is 0. The van der Waals surface area contributed by atoms with Crippen LogP contribution < -0.4 is 9.47 Å². The lowest BCUT2D eigenvalue weighted by molar-refractivity contribution is -0.136. The minimum atomic E-state index is -0.669. The van der Waals surface area contributed by atoms with Crippen LogP contribution in [0.2, 0.25) is 0 Å². The third-order valence-corrected chi connectivity index (χ3v) is 3.80. The fourth-order valence-corrected chi connectivity index (χ4v) is 2.30. The highest BCUT2D eigenvalue weighted by molar-refractivity contribution is 6.01. The molecule has 0 amide bonds. The van der Waals surface area contributed by atoms with E-state index in [0.29, 0.717) is 28.2 Å². The molecule has 0 bridgehead atoms. The Labute approximate surface area is 162 Å². The molecule has 0 N–H and O–H groups in total. The summed E-state index contributed by atoms with van der Waals surface area (Å²) in [7, 11) is 4.24. The summed E-state index contributed by atoms with van der Waals surface area (Å²) in [5.41, 5.74) is 1.38. The molecule has 146 valence electrons. The van der Waals surface area contributed by atoms with Gasteiger partial charge >= 0.3 is 11.9 Å². The van der Waals surface area contributed by atoms with E-state index >= 15 is 0 Å². The molecule has 0 aliphatic carbocycles. The summed E-state index contributed by atoms with van der Waals surface area (Å²) in [5, 5.41) is 0. The molecule has 7 heteroatoms. The van der Waals surface area contributed by atoms with Crippen molar-refractivity contribution in [3.8, 4) is 11.5 Å². The van der Waals surface area contributed by atoms with Crippen LogP contribution in [0.15, 0.2) is 48.5 Å². The number of rotatable bonds is 8. The van der Waals surface area contributed by atoms with E-state index in [0.717, 1.165) is 0 Å². The molecule has 0 aromatic heterocycles. The first-order chi connectivity index (χ1) is 13.5. The van der Waals surface area contributed by atoms with E-state index in [-0.39, 0.29) is 0 Å². The van der Waals surface area contributed by atoms with Crippen LogP contribution in [-0.4, -0.2) is 45.7 Å². The number of ether oxygens (including phenoxy) is 4. The van der Waals surface area contributed by atoms with Gasteiger partial charge in [-0.3, -0.25) is 4.79 Å². The molecule has 0 fully saturated rings. The van der Waals surface area contributed by atoms with Gasteiger partial charge in [0.05, 0.1) is 32.5 Å². The van der Waals surface area contributed by atoms with E-state index in [4.69, 9.17) is 14.2 Å². The molecule has 2 aromatic carbocycles. The van der Waals surface area contributed by atoms with E-state index in [2.05, 4.69) is 4.74 Å². The number of carbonyl (C=O) groups excluding carboxylic acids is 3. The van der Waals surface area contributed by atoms with E-state index in [1.54, 1.807) is 42.5 Å². The minimum absolute atomic E-state index is 0.290. The largest absolute Gasteiger partial charge is 0.497 e. The van der Waals surface area contributed by atoms with Crippen molar-refractivity contribution in [2.24, 2.45) is 0 Å². The Morgan fingerprint density at radius 2 is 1.64 bits per heavy atom. The topological polar surface area (TPSA) is 88.1 Å². The molecule has 0 radical (unpaired) electrons. The van der Waals surface area contributed by atoms with Crippen molar-refractivity contribution in [3.63, 3.8) is 0 Å². The Morgan fingerprint density at radius 3 is 2.25 bits per heavy atom. The Hall–Kier alpha value is -3.61. The maximum absolute atomic E-state index is 12.3. The number of hydrogen-bond acceptors (Lipinski definition) is 7. The first-order valence-corrected chi connectivity index (χ1v) is 8.27. The number of Topliss-reactive ketones (excluding diaryl/α,β-unsaturated/α-hetero) is 1. The quantitative estimate of drug-likeness (QED) is 0.393. The maximum atomic E-state index is 12.3. The van der Waals surface area contributed by atoms with Gasteiger partial charge in [0.2, 0.25) is 5.78 Å². The van der Waals surface area contributed by atoms with Crippen LogP contribution in [0, 0.1) is 0 Å². The maximum Gasteiger partial charge on any atom is 0.337 e. The van der Waals surface area contributed by atoms with Crippen LogP contribution in [0.3, 0.4) is 0 Å². The fraction of sp³-hybridized carbons (Fsp3) is 0.190. The molecular weight excluding hydrogens is 364 g/mol. The third kappa shape index (κ3) is 5.44. The average molecular weight is 384 g/mol. The van der Waals surface area contributed by atoms with Gasteiger partial charge in [-0.05, 0) is 35.9 Å². The zero-order valence-corrected chi connectivity index (χ0v) is 15.8. The van der Waals surface area contributed by atoms with Crippen LogP contribution in [0.4, 0.5) is 0 Å². The van der Waals surface area contributed by atoms with Gasteiger partial charge in [-0.15, -0.1) is 0 Å². The minimum Gasteiger partial charge on any atom is -0.497 e. The second-order valence-electron chi connectivity index (χ2n) is 5.54. The van der Waals surface area contributed by atoms with E-state index in [1.807, 2.05) is 0 Å². The smallest absolute Gasteiger partial charge is 0.337 e. The number of hydrogen-bond donors (Lipinski definition) is 0. The lowest BCUT2D eigenvalue weighted by Gasteiger charge is -2.09. The Morgan fingerprint density at radius 1 is 0.929 bits per heavy atom. The summed E-state index contributed by atoms with van der Waals surface area (Å²) in [5.74, 6) is -0.628. The van der Waals surface area contributed by atoms with Gasteiger partial charge < -0.3 is 18.9 Å². The summed E-state index contributed by atoms with van der Waals surface area (Å²) in [6, 6.07) is 11.2. The number of ketones is 1. The van der Waals surface area contributed by atoms with Gasteiger partial charge in [0.25, 0.3) is 0 Å². The summed E-state index contributed by atoms with van der Waals surface area (Å²) in [6.45, 7) is -0.423. The number of carbonyl (C=O) groups is 3. The molecule has 0 heterocycles. The van der Waals surface area contributed by atoms with Crippen molar-refractivity contribution >= 4 is 23.8 Å². The monoisotopic (exact) mass is 384 g/mol. The summed E-state index contributed by atoms with van der Waals surface area (Å²) in [4.78, 5) is 35.5. The normalized spacial score (nSPS) is 10.4. The average Bonchev–Trinajstić information content (AvgIpc) is 2.75. The Kier molecular flexibility index (Phi) is 7.33. The molecule has 0 atom stereocenters. The zero-order valence-electron chi connectivity index (χ0n) is 15.8. The van der Waals surface area contributed by atoms with Crippen LogP contribution >= 0.6 is 0 Å². The molecule has 0 unspecified atom stereocenters. The predicted octanol–water partition coefficient (Wildman–Crippen LogP) is 2.93. The molecule has 2 rings (SSSR count). The van der Waals surface area contributed by atoms with Gasteiger partial charge in [0.1, 0.15) is 11.5 Å². The molecule has 0 saturated heterocycles. The molecule has 0 aliphatic rings. The number of benzene rings is 2. The fourth-order valence-electron chi connectivity index (χ4n) is 2.30. The summed E-state index contributed by atoms with van der Waals surface area (Å²) in [6.07, 6.45) is 2.72.